The Hall–Kier alpha value is -2.68. The summed E-state index contributed by atoms with van der Waals surface area (Å²) >= 11 is 0. The standard InChI is InChI=1S/C19H25N3O6/c1-13(18(23)20-15-4-2-3-5-15)28-19(24)14-6-7-16(17(12-14)22(25)26)21-8-10-27-11-9-21/h6-7,12-13,15H,2-5,8-11H2,1H3,(H,20,23)/t13-/m1/s1. The number of nitrogens with one attached hydrogen (secondary N) is 1. The molecule has 1 aromatic carbocycles. The van der Waals surface area contributed by atoms with Crippen LogP contribution < -0.4 is 10.2 Å². The van der Waals surface area contributed by atoms with Gasteiger partial charge in [-0.3, -0.25) is 14.9 Å². The quantitative estimate of drug-likeness (QED) is 0.449. The van der Waals surface area contributed by atoms with Crippen LogP contribution in [0.5, 0.6) is 0 Å². The Balaban J connectivity index is 1.67. The molecular formula is C19H25N3O6. The zero-order valence-corrected chi connectivity index (χ0v) is 15.9. The SMILES string of the molecule is C[C@@H](OC(=O)c1ccc(N2CCOCC2)c([N+](=O)[O-])c1)C(=O)NC1CCCC1. The third kappa shape index (κ3) is 4.78. The van der Waals surface area contributed by atoms with E-state index in [1.165, 1.54) is 19.1 Å². The van der Waals surface area contributed by atoms with E-state index in [9.17, 15) is 19.7 Å². The second-order valence-corrected chi connectivity index (χ2v) is 7.10. The summed E-state index contributed by atoms with van der Waals surface area (Å²) in [5, 5.41) is 14.4. The van der Waals surface area contributed by atoms with Crippen LogP contribution in [-0.2, 0) is 14.3 Å². The fourth-order valence-electron chi connectivity index (χ4n) is 3.54. The van der Waals surface area contributed by atoms with Crippen LogP contribution in [0.15, 0.2) is 18.2 Å². The number of anilines is 1. The van der Waals surface area contributed by atoms with E-state index in [0.717, 1.165) is 25.7 Å². The molecule has 1 saturated carbocycles. The molecule has 0 spiro atoms. The number of nitro groups is 1. The molecule has 1 heterocycles. The average Bonchev–Trinajstić information content (AvgIpc) is 3.21. The molecule has 1 aliphatic carbocycles. The summed E-state index contributed by atoms with van der Waals surface area (Å²) in [7, 11) is 0. The summed E-state index contributed by atoms with van der Waals surface area (Å²) in [6, 6.07) is 4.36. The van der Waals surface area contributed by atoms with Crippen molar-refractivity contribution < 1.29 is 24.0 Å². The normalized spacial score (nSPS) is 18.5. The highest BCUT2D eigenvalue weighted by Crippen LogP contribution is 2.30. The molecular weight excluding hydrogens is 366 g/mol. The third-order valence-corrected chi connectivity index (χ3v) is 5.11. The van der Waals surface area contributed by atoms with Gasteiger partial charge in [0.15, 0.2) is 6.10 Å². The maximum Gasteiger partial charge on any atom is 0.339 e. The number of carbonyl (C=O) groups is 2. The lowest BCUT2D eigenvalue weighted by Crippen LogP contribution is -2.40. The molecule has 2 aliphatic rings. The molecule has 1 N–H and O–H groups in total. The Bertz CT molecular complexity index is 741. The Labute approximate surface area is 163 Å². The molecule has 1 aliphatic heterocycles. The third-order valence-electron chi connectivity index (χ3n) is 5.11. The number of nitrogens with zero attached hydrogens (tertiary/aromatic N) is 2. The summed E-state index contributed by atoms with van der Waals surface area (Å²) in [5.41, 5.74) is 0.320. The Morgan fingerprint density at radius 3 is 2.61 bits per heavy atom. The largest absolute Gasteiger partial charge is 0.449 e. The summed E-state index contributed by atoms with van der Waals surface area (Å²) < 4.78 is 10.5. The molecule has 0 bridgehead atoms. The second kappa shape index (κ2) is 9.01. The van der Waals surface area contributed by atoms with Gasteiger partial charge in [0.05, 0.1) is 23.7 Å². The number of ether oxygens (including phenoxy) is 2. The number of benzene rings is 1. The number of rotatable bonds is 6. The van der Waals surface area contributed by atoms with Crippen LogP contribution in [0.4, 0.5) is 11.4 Å². The second-order valence-electron chi connectivity index (χ2n) is 7.10. The van der Waals surface area contributed by atoms with Gasteiger partial charge in [-0.15, -0.1) is 0 Å². The van der Waals surface area contributed by atoms with Crippen molar-refractivity contribution in [3.8, 4) is 0 Å². The summed E-state index contributed by atoms with van der Waals surface area (Å²) in [6.07, 6.45) is 3.06. The minimum absolute atomic E-state index is 0.0456. The molecule has 3 rings (SSSR count). The van der Waals surface area contributed by atoms with E-state index in [4.69, 9.17) is 9.47 Å². The highest BCUT2D eigenvalue weighted by molar-refractivity contribution is 5.93. The van der Waals surface area contributed by atoms with Gasteiger partial charge >= 0.3 is 5.97 Å². The van der Waals surface area contributed by atoms with Gasteiger partial charge in [-0.2, -0.15) is 0 Å². The Morgan fingerprint density at radius 2 is 1.96 bits per heavy atom. The lowest BCUT2D eigenvalue weighted by Gasteiger charge is -2.28. The van der Waals surface area contributed by atoms with Gasteiger partial charge in [0.2, 0.25) is 0 Å². The van der Waals surface area contributed by atoms with E-state index < -0.39 is 17.0 Å². The van der Waals surface area contributed by atoms with Gasteiger partial charge in [-0.1, -0.05) is 12.8 Å². The first-order chi connectivity index (χ1) is 13.5. The smallest absolute Gasteiger partial charge is 0.339 e. The van der Waals surface area contributed by atoms with Crippen LogP contribution in [0, 0.1) is 10.1 Å². The maximum atomic E-state index is 12.4. The molecule has 1 amide bonds. The molecule has 9 nitrogen and oxygen atoms in total. The molecule has 0 aromatic heterocycles. The van der Waals surface area contributed by atoms with Crippen LogP contribution >= 0.6 is 0 Å². The van der Waals surface area contributed by atoms with Crippen molar-refractivity contribution in [2.24, 2.45) is 0 Å². The zero-order chi connectivity index (χ0) is 20.1. The van der Waals surface area contributed by atoms with Crippen molar-refractivity contribution in [1.82, 2.24) is 5.32 Å². The average molecular weight is 391 g/mol. The predicted molar refractivity (Wildman–Crippen MR) is 101 cm³/mol. The number of esters is 1. The zero-order valence-electron chi connectivity index (χ0n) is 15.9. The van der Waals surface area contributed by atoms with Crippen molar-refractivity contribution in [2.75, 3.05) is 31.2 Å². The van der Waals surface area contributed by atoms with Crippen molar-refractivity contribution >= 4 is 23.3 Å². The van der Waals surface area contributed by atoms with Gasteiger partial charge in [-0.25, -0.2) is 4.79 Å². The van der Waals surface area contributed by atoms with Gasteiger partial charge in [0, 0.05) is 25.2 Å². The van der Waals surface area contributed by atoms with Crippen LogP contribution in [0.25, 0.3) is 0 Å². The number of nitro benzene ring substituents is 1. The van der Waals surface area contributed by atoms with Gasteiger partial charge in [0.1, 0.15) is 5.69 Å². The predicted octanol–water partition coefficient (Wildman–Crippen LogP) is 2.04. The molecule has 9 heteroatoms. The highest BCUT2D eigenvalue weighted by atomic mass is 16.6. The summed E-state index contributed by atoms with van der Waals surface area (Å²) in [4.78, 5) is 37.4. The van der Waals surface area contributed by atoms with E-state index >= 15 is 0 Å². The van der Waals surface area contributed by atoms with Gasteiger partial charge in [0.25, 0.3) is 11.6 Å². The minimum Gasteiger partial charge on any atom is -0.449 e. The molecule has 2 fully saturated rings. The Kier molecular flexibility index (Phi) is 6.45. The molecule has 1 atom stereocenters. The fraction of sp³-hybridized carbons (Fsp3) is 0.579. The van der Waals surface area contributed by atoms with Gasteiger partial charge in [-0.05, 0) is 31.9 Å². The van der Waals surface area contributed by atoms with Crippen molar-refractivity contribution in [1.29, 1.82) is 0 Å². The fourth-order valence-corrected chi connectivity index (χ4v) is 3.54. The van der Waals surface area contributed by atoms with E-state index in [-0.39, 0.29) is 23.2 Å². The number of morpholine rings is 1. The number of hydrogen-bond donors (Lipinski definition) is 1. The first kappa shape index (κ1) is 20.1. The van der Waals surface area contributed by atoms with Crippen molar-refractivity contribution in [3.63, 3.8) is 0 Å². The van der Waals surface area contributed by atoms with Crippen LogP contribution in [0.3, 0.4) is 0 Å². The minimum atomic E-state index is -0.967. The molecule has 152 valence electrons. The highest BCUT2D eigenvalue weighted by Gasteiger charge is 2.26. The lowest BCUT2D eigenvalue weighted by atomic mass is 10.1. The number of hydrogen-bond acceptors (Lipinski definition) is 7. The van der Waals surface area contributed by atoms with Crippen molar-refractivity contribution in [3.05, 3.63) is 33.9 Å². The first-order valence-corrected chi connectivity index (χ1v) is 9.58. The molecule has 0 unspecified atom stereocenters. The van der Waals surface area contributed by atoms with Crippen molar-refractivity contribution in [2.45, 2.75) is 44.8 Å². The molecule has 28 heavy (non-hydrogen) atoms. The molecule has 1 aromatic rings. The lowest BCUT2D eigenvalue weighted by molar-refractivity contribution is -0.384. The van der Waals surface area contributed by atoms with E-state index in [1.807, 2.05) is 4.90 Å². The number of carbonyl (C=O) groups excluding carboxylic acids is 2. The molecule has 1 saturated heterocycles. The topological polar surface area (TPSA) is 111 Å². The maximum absolute atomic E-state index is 12.4. The van der Waals surface area contributed by atoms with E-state index in [2.05, 4.69) is 5.32 Å². The van der Waals surface area contributed by atoms with Gasteiger partial charge < -0.3 is 19.7 Å². The van der Waals surface area contributed by atoms with E-state index in [1.54, 1.807) is 6.07 Å². The monoisotopic (exact) mass is 391 g/mol. The molecule has 0 radical (unpaired) electrons. The van der Waals surface area contributed by atoms with Crippen LogP contribution in [-0.4, -0.2) is 55.2 Å². The Morgan fingerprint density at radius 1 is 1.29 bits per heavy atom. The number of amides is 1. The van der Waals surface area contributed by atoms with E-state index in [0.29, 0.717) is 32.0 Å². The summed E-state index contributed by atoms with van der Waals surface area (Å²) in [5.74, 6) is -1.11. The first-order valence-electron chi connectivity index (χ1n) is 9.58. The van der Waals surface area contributed by atoms with Crippen LogP contribution in [0.2, 0.25) is 0 Å². The van der Waals surface area contributed by atoms with Crippen LogP contribution in [0.1, 0.15) is 43.0 Å². The summed E-state index contributed by atoms with van der Waals surface area (Å²) in [6.45, 7) is 3.58.